The molecule has 0 radical (unpaired) electrons. The van der Waals surface area contributed by atoms with Gasteiger partial charge in [-0.05, 0) is 7.05 Å². The number of hydrogen-bond acceptors (Lipinski definition) is 5. The average Bonchev–Trinajstić information content (AvgIpc) is 2.16. The Labute approximate surface area is 79.5 Å². The highest BCUT2D eigenvalue weighted by Crippen LogP contribution is 1.79. The zero-order valence-corrected chi connectivity index (χ0v) is 8.25. The molecular weight excluding hydrogens is 172 g/mol. The topological polar surface area (TPSA) is 65.7 Å². The SMILES string of the molecule is CNCOCCOCCOCCN. The molecule has 0 aromatic carbocycles. The molecule has 0 aliphatic carbocycles. The van der Waals surface area contributed by atoms with Crippen molar-refractivity contribution in [3.05, 3.63) is 0 Å². The Bertz CT molecular complexity index is 83.5. The Morgan fingerprint density at radius 2 is 1.46 bits per heavy atom. The fraction of sp³-hybridized carbons (Fsp3) is 1.00. The van der Waals surface area contributed by atoms with E-state index in [0.717, 1.165) is 0 Å². The average molecular weight is 192 g/mol. The van der Waals surface area contributed by atoms with Gasteiger partial charge in [0.25, 0.3) is 0 Å². The van der Waals surface area contributed by atoms with E-state index >= 15 is 0 Å². The summed E-state index contributed by atoms with van der Waals surface area (Å²) in [6.07, 6.45) is 0. The van der Waals surface area contributed by atoms with Gasteiger partial charge >= 0.3 is 0 Å². The predicted octanol–water partition coefficient (Wildman–Crippen LogP) is -0.828. The second-order valence-corrected chi connectivity index (χ2v) is 2.42. The minimum absolute atomic E-state index is 0.561. The maximum Gasteiger partial charge on any atom is 0.0963 e. The first-order valence-electron chi connectivity index (χ1n) is 4.49. The van der Waals surface area contributed by atoms with Crippen LogP contribution in [0.3, 0.4) is 0 Å². The van der Waals surface area contributed by atoms with Crippen LogP contribution in [0.2, 0.25) is 0 Å². The second-order valence-electron chi connectivity index (χ2n) is 2.42. The van der Waals surface area contributed by atoms with Crippen LogP contribution < -0.4 is 11.1 Å². The van der Waals surface area contributed by atoms with Crippen LogP contribution in [0.1, 0.15) is 0 Å². The molecule has 5 nitrogen and oxygen atoms in total. The monoisotopic (exact) mass is 192 g/mol. The first kappa shape index (κ1) is 12.8. The lowest BCUT2D eigenvalue weighted by Crippen LogP contribution is -2.16. The zero-order chi connectivity index (χ0) is 9.78. The van der Waals surface area contributed by atoms with Gasteiger partial charge in [0.15, 0.2) is 0 Å². The molecule has 0 heterocycles. The Morgan fingerprint density at radius 3 is 2.00 bits per heavy atom. The molecule has 13 heavy (non-hydrogen) atoms. The van der Waals surface area contributed by atoms with Crippen LogP contribution in [0.5, 0.6) is 0 Å². The summed E-state index contributed by atoms with van der Waals surface area (Å²) in [6, 6.07) is 0. The molecule has 0 saturated carbocycles. The third kappa shape index (κ3) is 11.8. The highest BCUT2D eigenvalue weighted by atomic mass is 16.5. The minimum atomic E-state index is 0.561. The summed E-state index contributed by atoms with van der Waals surface area (Å²) in [7, 11) is 1.83. The highest BCUT2D eigenvalue weighted by molar-refractivity contribution is 4.34. The van der Waals surface area contributed by atoms with Gasteiger partial charge in [0.05, 0.1) is 39.8 Å². The lowest BCUT2D eigenvalue weighted by molar-refractivity contribution is 0.0133. The maximum atomic E-state index is 5.23. The highest BCUT2D eigenvalue weighted by Gasteiger charge is 1.89. The molecule has 0 saturated heterocycles. The Kier molecular flexibility index (Phi) is 11.6. The van der Waals surface area contributed by atoms with Crippen molar-refractivity contribution in [1.29, 1.82) is 0 Å². The fourth-order valence-corrected chi connectivity index (χ4v) is 0.697. The maximum absolute atomic E-state index is 5.23. The molecule has 5 heteroatoms. The molecule has 0 spiro atoms. The summed E-state index contributed by atoms with van der Waals surface area (Å²) in [5, 5.41) is 2.87. The van der Waals surface area contributed by atoms with Crippen LogP contribution in [-0.4, -0.2) is 53.4 Å². The molecule has 0 atom stereocenters. The summed E-state index contributed by atoms with van der Waals surface area (Å²) in [6.45, 7) is 4.13. The van der Waals surface area contributed by atoms with Crippen molar-refractivity contribution in [2.24, 2.45) is 5.73 Å². The van der Waals surface area contributed by atoms with Crippen molar-refractivity contribution in [3.63, 3.8) is 0 Å². The molecule has 0 aromatic rings. The van der Waals surface area contributed by atoms with E-state index in [2.05, 4.69) is 5.32 Å². The van der Waals surface area contributed by atoms with Crippen molar-refractivity contribution in [2.75, 3.05) is 53.4 Å². The summed E-state index contributed by atoms with van der Waals surface area (Å²) in [4.78, 5) is 0. The van der Waals surface area contributed by atoms with Crippen LogP contribution in [0.4, 0.5) is 0 Å². The van der Waals surface area contributed by atoms with Crippen LogP contribution >= 0.6 is 0 Å². The molecule has 0 aromatic heterocycles. The van der Waals surface area contributed by atoms with E-state index in [-0.39, 0.29) is 0 Å². The molecule has 3 N–H and O–H groups in total. The van der Waals surface area contributed by atoms with Gasteiger partial charge < -0.3 is 19.9 Å². The third-order valence-electron chi connectivity index (χ3n) is 1.25. The summed E-state index contributed by atoms with van der Waals surface area (Å²) < 4.78 is 15.4. The zero-order valence-electron chi connectivity index (χ0n) is 8.25. The van der Waals surface area contributed by atoms with Gasteiger partial charge in [0.2, 0.25) is 0 Å². The number of hydrogen-bond donors (Lipinski definition) is 2. The van der Waals surface area contributed by atoms with Gasteiger partial charge in [0, 0.05) is 6.54 Å². The van der Waals surface area contributed by atoms with Gasteiger partial charge in [-0.1, -0.05) is 0 Å². The van der Waals surface area contributed by atoms with Crippen LogP contribution in [-0.2, 0) is 14.2 Å². The van der Waals surface area contributed by atoms with Gasteiger partial charge in [-0.25, -0.2) is 0 Å². The van der Waals surface area contributed by atoms with Crippen molar-refractivity contribution in [1.82, 2.24) is 5.32 Å². The molecule has 80 valence electrons. The van der Waals surface area contributed by atoms with Crippen molar-refractivity contribution >= 4 is 0 Å². The third-order valence-corrected chi connectivity index (χ3v) is 1.25. The standard InChI is InChI=1S/C8H20N2O3/c1-10-8-13-7-6-12-5-4-11-3-2-9/h10H,2-9H2,1H3. The minimum Gasteiger partial charge on any atom is -0.378 e. The van der Waals surface area contributed by atoms with E-state index in [1.165, 1.54) is 0 Å². The van der Waals surface area contributed by atoms with E-state index in [1.54, 1.807) is 0 Å². The second kappa shape index (κ2) is 11.8. The number of nitrogens with two attached hydrogens (primary N) is 1. The Morgan fingerprint density at radius 1 is 0.923 bits per heavy atom. The quantitative estimate of drug-likeness (QED) is 0.349. The Hall–Kier alpha value is -0.200. The first-order chi connectivity index (χ1) is 6.41. The molecule has 0 unspecified atom stereocenters. The van der Waals surface area contributed by atoms with E-state index in [1.807, 2.05) is 7.05 Å². The van der Waals surface area contributed by atoms with E-state index in [9.17, 15) is 0 Å². The molecule has 0 rings (SSSR count). The lowest BCUT2D eigenvalue weighted by Gasteiger charge is -2.05. The number of nitrogens with one attached hydrogen (secondary N) is 1. The first-order valence-corrected chi connectivity index (χ1v) is 4.49. The van der Waals surface area contributed by atoms with Gasteiger partial charge in [-0.3, -0.25) is 5.32 Å². The molecule has 0 aliphatic heterocycles. The summed E-state index contributed by atoms with van der Waals surface area (Å²) >= 11 is 0. The number of ether oxygens (including phenoxy) is 3. The molecule has 0 bridgehead atoms. The van der Waals surface area contributed by atoms with Crippen LogP contribution in [0.15, 0.2) is 0 Å². The predicted molar refractivity (Wildman–Crippen MR) is 50.6 cm³/mol. The van der Waals surface area contributed by atoms with Gasteiger partial charge in [-0.15, -0.1) is 0 Å². The van der Waals surface area contributed by atoms with E-state index in [0.29, 0.717) is 46.3 Å². The Balaban J connectivity index is 2.76. The van der Waals surface area contributed by atoms with Gasteiger partial charge in [-0.2, -0.15) is 0 Å². The van der Waals surface area contributed by atoms with Crippen molar-refractivity contribution < 1.29 is 14.2 Å². The van der Waals surface area contributed by atoms with E-state index in [4.69, 9.17) is 19.9 Å². The number of rotatable bonds is 10. The van der Waals surface area contributed by atoms with Crippen LogP contribution in [0.25, 0.3) is 0 Å². The van der Waals surface area contributed by atoms with E-state index < -0.39 is 0 Å². The van der Waals surface area contributed by atoms with Crippen molar-refractivity contribution in [3.8, 4) is 0 Å². The lowest BCUT2D eigenvalue weighted by atomic mass is 10.7. The summed E-state index contributed by atoms with van der Waals surface area (Å²) in [5.41, 5.74) is 5.23. The van der Waals surface area contributed by atoms with Crippen LogP contribution in [0, 0.1) is 0 Å². The fourth-order valence-electron chi connectivity index (χ4n) is 0.697. The van der Waals surface area contributed by atoms with Crippen molar-refractivity contribution in [2.45, 2.75) is 0 Å². The molecule has 0 aliphatic rings. The molecule has 0 fully saturated rings. The molecular formula is C8H20N2O3. The smallest absolute Gasteiger partial charge is 0.0963 e. The van der Waals surface area contributed by atoms with Gasteiger partial charge in [0.1, 0.15) is 0 Å². The largest absolute Gasteiger partial charge is 0.378 e. The normalized spacial score (nSPS) is 10.6. The summed E-state index contributed by atoms with van der Waals surface area (Å²) in [5.74, 6) is 0. The molecule has 0 amide bonds.